The van der Waals surface area contributed by atoms with E-state index in [1.807, 2.05) is 0 Å². The Morgan fingerprint density at radius 3 is 1.26 bits per heavy atom. The number of rotatable bonds is 23. The van der Waals surface area contributed by atoms with Crippen molar-refractivity contribution in [3.05, 3.63) is 0 Å². The predicted octanol–water partition coefficient (Wildman–Crippen LogP) is 5.83. The van der Waals surface area contributed by atoms with Gasteiger partial charge in [0, 0.05) is 12.8 Å². The summed E-state index contributed by atoms with van der Waals surface area (Å²) in [7, 11) is 0. The van der Waals surface area contributed by atoms with Crippen molar-refractivity contribution < 1.29 is 34.0 Å². The van der Waals surface area contributed by atoms with E-state index in [2.05, 4.69) is 32.4 Å². The number of hydrogen-bond acceptors (Lipinski definition) is 7. The van der Waals surface area contributed by atoms with Crippen LogP contribution in [0.25, 0.3) is 0 Å². The van der Waals surface area contributed by atoms with Crippen molar-refractivity contribution in [1.29, 1.82) is 0 Å². The van der Waals surface area contributed by atoms with Crippen LogP contribution in [0.15, 0.2) is 0 Å². The summed E-state index contributed by atoms with van der Waals surface area (Å²) in [6.07, 6.45) is 13.9. The van der Waals surface area contributed by atoms with E-state index in [0.29, 0.717) is 52.1 Å². The molecule has 2 N–H and O–H groups in total. The van der Waals surface area contributed by atoms with Crippen molar-refractivity contribution in [2.45, 2.75) is 118 Å². The lowest BCUT2D eigenvalue weighted by Crippen LogP contribution is -2.08. The van der Waals surface area contributed by atoms with Crippen molar-refractivity contribution in [3.8, 4) is 0 Å². The summed E-state index contributed by atoms with van der Waals surface area (Å²) < 4.78 is 15.1. The SMILES string of the molecule is CC(C)CCCCCCOC(=O)CCCCC(=O)OCCCCCCC(C)C.OCCOCCO. The second-order valence-corrected chi connectivity index (χ2v) is 9.90. The first-order valence-electron chi connectivity index (χ1n) is 13.9. The quantitative estimate of drug-likeness (QED) is 0.133. The first-order valence-corrected chi connectivity index (χ1v) is 13.9. The molecule has 35 heavy (non-hydrogen) atoms. The van der Waals surface area contributed by atoms with Gasteiger partial charge >= 0.3 is 11.9 Å². The van der Waals surface area contributed by atoms with Crippen LogP contribution in [0.3, 0.4) is 0 Å². The number of aliphatic hydroxyl groups excluding tert-OH is 2. The van der Waals surface area contributed by atoms with Gasteiger partial charge in [-0.2, -0.15) is 0 Å². The molecular formula is C28H56O7. The van der Waals surface area contributed by atoms with Crippen LogP contribution >= 0.6 is 0 Å². The summed E-state index contributed by atoms with van der Waals surface area (Å²) in [4.78, 5) is 23.3. The minimum absolute atomic E-state index is 0.0278. The molecule has 0 aromatic rings. The molecule has 210 valence electrons. The van der Waals surface area contributed by atoms with E-state index in [1.165, 1.54) is 38.5 Å². The number of hydrogen-bond donors (Lipinski definition) is 2. The molecule has 0 rings (SSSR count). The summed E-state index contributed by atoms with van der Waals surface area (Å²) in [6.45, 7) is 10.7. The zero-order valence-corrected chi connectivity index (χ0v) is 23.2. The Labute approximate surface area is 215 Å². The zero-order valence-electron chi connectivity index (χ0n) is 23.2. The molecule has 0 aromatic heterocycles. The Bertz CT molecular complexity index is 413. The third kappa shape index (κ3) is 35.1. The highest BCUT2D eigenvalue weighted by atomic mass is 16.5. The summed E-state index contributed by atoms with van der Waals surface area (Å²) in [6, 6.07) is 0. The second-order valence-electron chi connectivity index (χ2n) is 9.90. The molecule has 0 saturated heterocycles. The molecule has 0 bridgehead atoms. The minimum Gasteiger partial charge on any atom is -0.466 e. The van der Waals surface area contributed by atoms with Crippen molar-refractivity contribution in [3.63, 3.8) is 0 Å². The van der Waals surface area contributed by atoms with Gasteiger partial charge in [-0.25, -0.2) is 0 Å². The van der Waals surface area contributed by atoms with Crippen molar-refractivity contribution in [1.82, 2.24) is 0 Å². The van der Waals surface area contributed by atoms with E-state index in [1.54, 1.807) is 0 Å². The fourth-order valence-electron chi connectivity index (χ4n) is 3.30. The molecule has 0 aromatic carbocycles. The minimum atomic E-state index is -0.142. The average molecular weight is 505 g/mol. The smallest absolute Gasteiger partial charge is 0.305 e. The summed E-state index contributed by atoms with van der Waals surface area (Å²) in [5.74, 6) is 1.26. The maximum absolute atomic E-state index is 11.7. The Hall–Kier alpha value is -1.18. The molecule has 0 heterocycles. The third-order valence-electron chi connectivity index (χ3n) is 5.36. The molecule has 0 radical (unpaired) electrons. The first kappa shape index (κ1) is 36.0. The molecule has 7 heteroatoms. The molecular weight excluding hydrogens is 448 g/mol. The standard InChI is InChI=1S/C24H46O4.C4H10O3/c1-21(2)15-9-5-7-13-19-27-23(25)17-11-12-18-24(26)28-20-14-8-6-10-16-22(3)4;5-1-3-7-4-2-6/h21-22H,5-20H2,1-4H3;5-6H,1-4H2. The number of ether oxygens (including phenoxy) is 3. The van der Waals surface area contributed by atoms with Crippen LogP contribution in [0.1, 0.15) is 118 Å². The highest BCUT2D eigenvalue weighted by Crippen LogP contribution is 2.11. The first-order chi connectivity index (χ1) is 16.8. The van der Waals surface area contributed by atoms with Gasteiger partial charge in [-0.05, 0) is 37.5 Å². The normalized spacial score (nSPS) is 10.9. The van der Waals surface area contributed by atoms with Gasteiger partial charge in [-0.15, -0.1) is 0 Å². The molecule has 0 spiro atoms. The molecule has 0 aliphatic heterocycles. The highest BCUT2D eigenvalue weighted by Gasteiger charge is 2.06. The number of carbonyl (C=O) groups excluding carboxylic acids is 2. The van der Waals surface area contributed by atoms with Crippen molar-refractivity contribution in [2.24, 2.45) is 11.8 Å². The molecule has 0 fully saturated rings. The van der Waals surface area contributed by atoms with Crippen LogP contribution in [0.5, 0.6) is 0 Å². The lowest BCUT2D eigenvalue weighted by Gasteiger charge is -2.07. The van der Waals surface area contributed by atoms with Gasteiger partial charge in [0.25, 0.3) is 0 Å². The van der Waals surface area contributed by atoms with Gasteiger partial charge in [-0.1, -0.05) is 79.1 Å². The van der Waals surface area contributed by atoms with Crippen LogP contribution in [0.2, 0.25) is 0 Å². The van der Waals surface area contributed by atoms with Gasteiger partial charge in [-0.3, -0.25) is 9.59 Å². The zero-order chi connectivity index (χ0) is 26.6. The number of carbonyl (C=O) groups is 2. The van der Waals surface area contributed by atoms with Crippen LogP contribution in [-0.2, 0) is 23.8 Å². The molecule has 0 aliphatic carbocycles. The molecule has 0 aliphatic rings. The van der Waals surface area contributed by atoms with E-state index in [-0.39, 0.29) is 25.2 Å². The van der Waals surface area contributed by atoms with Gasteiger partial charge in [0.15, 0.2) is 0 Å². The largest absolute Gasteiger partial charge is 0.466 e. The van der Waals surface area contributed by atoms with E-state index >= 15 is 0 Å². The van der Waals surface area contributed by atoms with Gasteiger partial charge in [0.05, 0.1) is 39.6 Å². The van der Waals surface area contributed by atoms with Gasteiger partial charge in [0.2, 0.25) is 0 Å². The lowest BCUT2D eigenvalue weighted by molar-refractivity contribution is -0.146. The van der Waals surface area contributed by atoms with Gasteiger partial charge in [0.1, 0.15) is 0 Å². The highest BCUT2D eigenvalue weighted by molar-refractivity contribution is 5.70. The van der Waals surface area contributed by atoms with E-state index in [4.69, 9.17) is 19.7 Å². The average Bonchev–Trinajstić information content (AvgIpc) is 2.81. The third-order valence-corrected chi connectivity index (χ3v) is 5.36. The van der Waals surface area contributed by atoms with E-state index in [0.717, 1.165) is 37.5 Å². The van der Waals surface area contributed by atoms with Crippen LogP contribution < -0.4 is 0 Å². The van der Waals surface area contributed by atoms with E-state index in [9.17, 15) is 9.59 Å². The number of unbranched alkanes of at least 4 members (excludes halogenated alkanes) is 7. The maximum Gasteiger partial charge on any atom is 0.305 e. The molecule has 0 amide bonds. The Balaban J connectivity index is 0. The number of esters is 2. The summed E-state index contributed by atoms with van der Waals surface area (Å²) in [5.41, 5.74) is 0. The van der Waals surface area contributed by atoms with Crippen molar-refractivity contribution >= 4 is 11.9 Å². The second kappa shape index (κ2) is 29.1. The molecule has 7 nitrogen and oxygen atoms in total. The van der Waals surface area contributed by atoms with Gasteiger partial charge < -0.3 is 24.4 Å². The Morgan fingerprint density at radius 1 is 0.543 bits per heavy atom. The lowest BCUT2D eigenvalue weighted by atomic mass is 10.0. The van der Waals surface area contributed by atoms with Crippen LogP contribution in [0.4, 0.5) is 0 Å². The molecule has 0 saturated carbocycles. The fourth-order valence-corrected chi connectivity index (χ4v) is 3.30. The Morgan fingerprint density at radius 2 is 0.914 bits per heavy atom. The predicted molar refractivity (Wildman–Crippen MR) is 141 cm³/mol. The van der Waals surface area contributed by atoms with Crippen LogP contribution in [-0.4, -0.2) is 61.8 Å². The monoisotopic (exact) mass is 504 g/mol. The molecule has 0 unspecified atom stereocenters. The number of aliphatic hydroxyl groups is 2. The van der Waals surface area contributed by atoms with Crippen LogP contribution in [0, 0.1) is 11.8 Å². The fraction of sp³-hybridized carbons (Fsp3) is 0.929. The maximum atomic E-state index is 11.7. The van der Waals surface area contributed by atoms with E-state index < -0.39 is 0 Å². The molecule has 0 atom stereocenters. The summed E-state index contributed by atoms with van der Waals surface area (Å²) >= 11 is 0. The summed E-state index contributed by atoms with van der Waals surface area (Å²) in [5, 5.41) is 16.2. The Kier molecular flexibility index (Phi) is 29.9. The topological polar surface area (TPSA) is 102 Å². The van der Waals surface area contributed by atoms with Crippen molar-refractivity contribution in [2.75, 3.05) is 39.6 Å².